The molecule has 0 spiro atoms. The van der Waals surface area contributed by atoms with Crippen molar-refractivity contribution < 1.29 is 27.1 Å². The molecule has 0 saturated heterocycles. The average molecular weight is 223 g/mol. The molecule has 15 heavy (non-hydrogen) atoms. The number of rotatable bonds is 2. The van der Waals surface area contributed by atoms with Crippen molar-refractivity contribution in [1.29, 1.82) is 0 Å². The maximum absolute atomic E-state index is 12.9. The second-order valence-corrected chi connectivity index (χ2v) is 2.55. The smallest absolute Gasteiger partial charge is 0.400 e. The van der Waals surface area contributed by atoms with Crippen LogP contribution in [0.1, 0.15) is 10.4 Å². The highest BCUT2D eigenvalue weighted by Gasteiger charge is 2.33. The number of hydrogen-bond acceptors (Lipinski definition) is 3. The topological polar surface area (TPSA) is 52.3 Å². The Morgan fingerprint density at radius 1 is 1.33 bits per heavy atom. The third-order valence-electron chi connectivity index (χ3n) is 1.53. The normalized spacial score (nSPS) is 11.2. The Morgan fingerprint density at radius 3 is 2.40 bits per heavy atom. The Morgan fingerprint density at radius 2 is 1.93 bits per heavy atom. The molecule has 2 N–H and O–H groups in total. The number of alkyl halides is 3. The molecule has 0 aliphatic rings. The summed E-state index contributed by atoms with van der Waals surface area (Å²) < 4.78 is 51.6. The molecule has 0 atom stereocenters. The van der Waals surface area contributed by atoms with Gasteiger partial charge >= 0.3 is 6.36 Å². The van der Waals surface area contributed by atoms with E-state index in [1.54, 1.807) is 0 Å². The van der Waals surface area contributed by atoms with Crippen LogP contribution < -0.4 is 10.5 Å². The predicted octanol–water partition coefficient (Wildman–Crippen LogP) is 2.12. The summed E-state index contributed by atoms with van der Waals surface area (Å²) in [7, 11) is 0. The Balaban J connectivity index is 3.21. The standard InChI is InChI=1S/C8H5F4NO2/c9-5-2-1-4(3-14)6(13)7(5)15-8(10,11)12/h1-3H,13H2. The van der Waals surface area contributed by atoms with Gasteiger partial charge in [0.1, 0.15) is 0 Å². The number of benzene rings is 1. The number of anilines is 1. The van der Waals surface area contributed by atoms with Crippen molar-refractivity contribution in [2.75, 3.05) is 5.73 Å². The van der Waals surface area contributed by atoms with Crippen LogP contribution in [0.3, 0.4) is 0 Å². The number of carbonyl (C=O) groups is 1. The van der Waals surface area contributed by atoms with Crippen molar-refractivity contribution in [3.05, 3.63) is 23.5 Å². The third kappa shape index (κ3) is 2.58. The number of nitrogens with two attached hydrogens (primary N) is 1. The first-order valence-electron chi connectivity index (χ1n) is 3.64. The van der Waals surface area contributed by atoms with E-state index in [1.807, 2.05) is 0 Å². The molecule has 82 valence electrons. The summed E-state index contributed by atoms with van der Waals surface area (Å²) in [5, 5.41) is 0. The van der Waals surface area contributed by atoms with Crippen molar-refractivity contribution in [3.63, 3.8) is 0 Å². The lowest BCUT2D eigenvalue weighted by Gasteiger charge is -2.12. The summed E-state index contributed by atoms with van der Waals surface area (Å²) in [4.78, 5) is 10.3. The molecular formula is C8H5F4NO2. The highest BCUT2D eigenvalue weighted by molar-refractivity contribution is 5.85. The molecule has 0 heterocycles. The van der Waals surface area contributed by atoms with Crippen molar-refractivity contribution in [2.24, 2.45) is 0 Å². The fraction of sp³-hybridized carbons (Fsp3) is 0.125. The molecule has 1 aromatic carbocycles. The maximum Gasteiger partial charge on any atom is 0.573 e. The van der Waals surface area contributed by atoms with Gasteiger partial charge in [0, 0.05) is 5.56 Å². The van der Waals surface area contributed by atoms with E-state index in [2.05, 4.69) is 4.74 Å². The van der Waals surface area contributed by atoms with Gasteiger partial charge in [-0.1, -0.05) is 0 Å². The zero-order valence-corrected chi connectivity index (χ0v) is 7.14. The van der Waals surface area contributed by atoms with Gasteiger partial charge in [-0.3, -0.25) is 4.79 Å². The van der Waals surface area contributed by atoms with E-state index < -0.39 is 23.6 Å². The number of hydrogen-bond donors (Lipinski definition) is 1. The van der Waals surface area contributed by atoms with Crippen LogP contribution in [-0.4, -0.2) is 12.6 Å². The van der Waals surface area contributed by atoms with Gasteiger partial charge in [-0.25, -0.2) is 4.39 Å². The number of ether oxygens (including phenoxy) is 1. The minimum absolute atomic E-state index is 0.206. The minimum atomic E-state index is -5.06. The molecule has 0 fully saturated rings. The molecule has 0 amide bonds. The van der Waals surface area contributed by atoms with Crippen molar-refractivity contribution in [3.8, 4) is 5.75 Å². The molecule has 1 aromatic rings. The van der Waals surface area contributed by atoms with Gasteiger partial charge in [0.15, 0.2) is 17.9 Å². The van der Waals surface area contributed by atoms with E-state index in [9.17, 15) is 22.4 Å². The number of aldehydes is 1. The molecular weight excluding hydrogens is 218 g/mol. The predicted molar refractivity (Wildman–Crippen MR) is 42.9 cm³/mol. The molecule has 0 radical (unpaired) electrons. The van der Waals surface area contributed by atoms with E-state index in [1.165, 1.54) is 0 Å². The monoisotopic (exact) mass is 223 g/mol. The van der Waals surface area contributed by atoms with Crippen LogP contribution in [0.5, 0.6) is 5.75 Å². The maximum atomic E-state index is 12.9. The molecule has 0 aliphatic carbocycles. The van der Waals surface area contributed by atoms with Gasteiger partial charge in [0.25, 0.3) is 0 Å². The number of halogens is 4. The second kappa shape index (κ2) is 3.76. The molecule has 0 aliphatic heterocycles. The van der Waals surface area contributed by atoms with Gasteiger partial charge in [-0.15, -0.1) is 13.2 Å². The summed E-state index contributed by atoms with van der Waals surface area (Å²) in [6.45, 7) is 0. The molecule has 0 bridgehead atoms. The van der Waals surface area contributed by atoms with E-state index >= 15 is 0 Å². The first kappa shape index (κ1) is 11.3. The number of nitrogen functional groups attached to an aromatic ring is 1. The van der Waals surface area contributed by atoms with Crippen LogP contribution in [-0.2, 0) is 0 Å². The second-order valence-electron chi connectivity index (χ2n) is 2.55. The zero-order valence-electron chi connectivity index (χ0n) is 7.14. The van der Waals surface area contributed by atoms with Gasteiger partial charge in [0.2, 0.25) is 0 Å². The fourth-order valence-corrected chi connectivity index (χ4v) is 0.910. The molecule has 7 heteroatoms. The summed E-state index contributed by atoms with van der Waals surface area (Å²) in [5.74, 6) is -2.47. The third-order valence-corrected chi connectivity index (χ3v) is 1.53. The molecule has 1 rings (SSSR count). The van der Waals surface area contributed by atoms with Crippen molar-refractivity contribution in [2.45, 2.75) is 6.36 Å². The minimum Gasteiger partial charge on any atom is -0.400 e. The van der Waals surface area contributed by atoms with Crippen LogP contribution in [0.2, 0.25) is 0 Å². The Bertz CT molecular complexity index is 389. The van der Waals surface area contributed by atoms with Gasteiger partial charge in [-0.05, 0) is 12.1 Å². The highest BCUT2D eigenvalue weighted by Crippen LogP contribution is 2.32. The van der Waals surface area contributed by atoms with Crippen LogP contribution in [0.15, 0.2) is 12.1 Å². The first-order chi connectivity index (χ1) is 6.85. The van der Waals surface area contributed by atoms with E-state index in [4.69, 9.17) is 5.73 Å². The fourth-order valence-electron chi connectivity index (χ4n) is 0.910. The Hall–Kier alpha value is -1.79. The van der Waals surface area contributed by atoms with Crippen molar-refractivity contribution >= 4 is 12.0 Å². The van der Waals surface area contributed by atoms with E-state index in [-0.39, 0.29) is 11.8 Å². The lowest BCUT2D eigenvalue weighted by molar-refractivity contribution is -0.275. The van der Waals surface area contributed by atoms with Gasteiger partial charge < -0.3 is 10.5 Å². The molecule has 3 nitrogen and oxygen atoms in total. The summed E-state index contributed by atoms with van der Waals surface area (Å²) >= 11 is 0. The largest absolute Gasteiger partial charge is 0.573 e. The summed E-state index contributed by atoms with van der Waals surface area (Å²) in [6, 6.07) is 1.63. The zero-order chi connectivity index (χ0) is 11.6. The highest BCUT2D eigenvalue weighted by atomic mass is 19.4. The van der Waals surface area contributed by atoms with Crippen molar-refractivity contribution in [1.82, 2.24) is 0 Å². The lowest BCUT2D eigenvalue weighted by atomic mass is 10.2. The summed E-state index contributed by atoms with van der Waals surface area (Å²) in [6.07, 6.45) is -4.85. The van der Waals surface area contributed by atoms with Crippen LogP contribution in [0.25, 0.3) is 0 Å². The van der Waals surface area contributed by atoms with Crippen LogP contribution in [0, 0.1) is 5.82 Å². The van der Waals surface area contributed by atoms with E-state index in [0.717, 1.165) is 6.07 Å². The SMILES string of the molecule is Nc1c(C=O)ccc(F)c1OC(F)(F)F. The van der Waals surface area contributed by atoms with Crippen LogP contribution >= 0.6 is 0 Å². The molecule has 0 unspecified atom stereocenters. The first-order valence-corrected chi connectivity index (χ1v) is 3.64. The average Bonchev–Trinajstić information content (AvgIpc) is 2.11. The molecule has 0 aromatic heterocycles. The summed E-state index contributed by atoms with van der Waals surface area (Å²) in [5.41, 5.74) is 4.16. The number of carbonyl (C=O) groups excluding carboxylic acids is 1. The van der Waals surface area contributed by atoms with Gasteiger partial charge in [0.05, 0.1) is 5.69 Å². The Labute approximate surface area is 81.4 Å². The molecule has 0 saturated carbocycles. The quantitative estimate of drug-likeness (QED) is 0.474. The Kier molecular flexibility index (Phi) is 2.83. The van der Waals surface area contributed by atoms with Crippen LogP contribution in [0.4, 0.5) is 23.2 Å². The van der Waals surface area contributed by atoms with Gasteiger partial charge in [-0.2, -0.15) is 0 Å². The van der Waals surface area contributed by atoms with E-state index in [0.29, 0.717) is 6.07 Å². The lowest BCUT2D eigenvalue weighted by Crippen LogP contribution is -2.19.